The van der Waals surface area contributed by atoms with Crippen LogP contribution in [0.4, 0.5) is 0 Å². The number of halogens is 1. The largest absolute Gasteiger partial charge is 1.00 e. The van der Waals surface area contributed by atoms with Gasteiger partial charge in [-0.05, 0) is 76.0 Å². The number of nitrogens with zero attached hydrogens (tertiary/aromatic N) is 1. The minimum atomic E-state index is -0.248. The Bertz CT molecular complexity index is 555. The zero-order valence-electron chi connectivity index (χ0n) is 31.5. The number of ether oxygens (including phenoxy) is 2. The molecular weight excluding hydrogens is 598 g/mol. The van der Waals surface area contributed by atoms with Crippen molar-refractivity contribution in [2.75, 3.05) is 59.7 Å². The van der Waals surface area contributed by atoms with E-state index >= 15 is 0 Å². The van der Waals surface area contributed by atoms with E-state index in [2.05, 4.69) is 34.7 Å². The summed E-state index contributed by atoms with van der Waals surface area (Å²) in [6.45, 7) is 14.8. The van der Waals surface area contributed by atoms with Crippen LogP contribution in [0, 0.1) is 11.8 Å². The van der Waals surface area contributed by atoms with Gasteiger partial charge in [-0.1, -0.05) is 105 Å². The molecule has 280 valence electrons. The molecule has 0 saturated heterocycles. The first-order valence-corrected chi connectivity index (χ1v) is 19.8. The molecule has 0 aromatic carbocycles. The zero-order chi connectivity index (χ0) is 33.4. The molecule has 0 radical (unpaired) electrons. The average molecular weight is 681 g/mol. The Morgan fingerprint density at radius 2 is 0.848 bits per heavy atom. The Labute approximate surface area is 293 Å². The molecule has 0 fully saturated rings. The van der Waals surface area contributed by atoms with Crippen molar-refractivity contribution >= 4 is 0 Å². The highest BCUT2D eigenvalue weighted by Crippen LogP contribution is 2.25. The van der Waals surface area contributed by atoms with Crippen LogP contribution in [0.2, 0.25) is 0 Å². The molecule has 0 heterocycles. The van der Waals surface area contributed by atoms with E-state index in [9.17, 15) is 15.3 Å². The topological polar surface area (TPSA) is 79.2 Å². The summed E-state index contributed by atoms with van der Waals surface area (Å²) in [6, 6.07) is 0. The van der Waals surface area contributed by atoms with Crippen LogP contribution in [0.15, 0.2) is 0 Å². The van der Waals surface area contributed by atoms with Crippen molar-refractivity contribution in [3.8, 4) is 0 Å². The number of aliphatic hydroxyl groups excluding tert-OH is 3. The van der Waals surface area contributed by atoms with Crippen LogP contribution in [0.25, 0.3) is 0 Å². The van der Waals surface area contributed by atoms with Gasteiger partial charge in [0.2, 0.25) is 0 Å². The predicted octanol–water partition coefficient (Wildman–Crippen LogP) is 6.08. The van der Waals surface area contributed by atoms with Crippen molar-refractivity contribution in [1.82, 2.24) is 0 Å². The lowest BCUT2D eigenvalue weighted by Crippen LogP contribution is -3.00. The molecule has 6 nitrogen and oxygen atoms in total. The number of likely N-dealkylation sites (N-methyl/N-ethyl adjacent to an activating group) is 1. The highest BCUT2D eigenvalue weighted by molar-refractivity contribution is 4.72. The third kappa shape index (κ3) is 27.9. The van der Waals surface area contributed by atoms with Crippen LogP contribution < -0.4 is 12.4 Å². The number of rotatable bonds is 36. The summed E-state index contributed by atoms with van der Waals surface area (Å²) in [4.78, 5) is 0. The standard InChI is InChI=1S/C39H82NO5.ClH/c1-6-10-12-14-16-18-24-38(42)36(26-34-44-32-8-3)22-20-28-40(5,30-31-41)29-21-23-37(27-35-45-33-9-4)39(43)25-19-17-15-13-11-7-2;/h36-39,41-43H,6-35H2,1-5H3;1H/q+1;/p-1. The highest BCUT2D eigenvalue weighted by atomic mass is 35.5. The number of unbranched alkanes of at least 4 members (excludes halogenated alkanes) is 10. The monoisotopic (exact) mass is 680 g/mol. The van der Waals surface area contributed by atoms with Crippen LogP contribution in [0.3, 0.4) is 0 Å². The summed E-state index contributed by atoms with van der Waals surface area (Å²) in [5, 5.41) is 32.2. The van der Waals surface area contributed by atoms with E-state index in [1.165, 1.54) is 64.2 Å². The van der Waals surface area contributed by atoms with E-state index in [0.717, 1.165) is 128 Å². The van der Waals surface area contributed by atoms with Crippen LogP contribution in [-0.2, 0) is 9.47 Å². The molecule has 0 amide bonds. The summed E-state index contributed by atoms with van der Waals surface area (Å²) in [5.74, 6) is 0.564. The lowest BCUT2D eigenvalue weighted by molar-refractivity contribution is -0.910. The van der Waals surface area contributed by atoms with E-state index < -0.39 is 0 Å². The van der Waals surface area contributed by atoms with Crippen LogP contribution >= 0.6 is 0 Å². The molecule has 0 aliphatic heterocycles. The van der Waals surface area contributed by atoms with Gasteiger partial charge >= 0.3 is 0 Å². The molecule has 0 bridgehead atoms. The second-order valence-electron chi connectivity index (χ2n) is 14.4. The van der Waals surface area contributed by atoms with Crippen LogP contribution in [0.5, 0.6) is 0 Å². The van der Waals surface area contributed by atoms with Crippen LogP contribution in [0.1, 0.15) is 169 Å². The van der Waals surface area contributed by atoms with Gasteiger partial charge in [0, 0.05) is 26.4 Å². The molecule has 0 spiro atoms. The quantitative estimate of drug-likeness (QED) is 0.0553. The van der Waals surface area contributed by atoms with Gasteiger partial charge in [-0.2, -0.15) is 0 Å². The van der Waals surface area contributed by atoms with E-state index in [1.807, 2.05) is 0 Å². The second kappa shape index (κ2) is 34.9. The fourth-order valence-corrected chi connectivity index (χ4v) is 6.81. The lowest BCUT2D eigenvalue weighted by atomic mass is 9.89. The first kappa shape index (κ1) is 48.2. The van der Waals surface area contributed by atoms with Crippen LogP contribution in [-0.4, -0.2) is 91.7 Å². The van der Waals surface area contributed by atoms with Crippen molar-refractivity contribution in [2.45, 2.75) is 181 Å². The molecule has 0 aliphatic carbocycles. The molecule has 3 N–H and O–H groups in total. The van der Waals surface area contributed by atoms with E-state index in [0.29, 0.717) is 0 Å². The van der Waals surface area contributed by atoms with Gasteiger partial charge in [-0.3, -0.25) is 0 Å². The smallest absolute Gasteiger partial charge is 0.102 e. The van der Waals surface area contributed by atoms with Gasteiger partial charge in [-0.15, -0.1) is 0 Å². The Morgan fingerprint density at radius 1 is 0.457 bits per heavy atom. The molecule has 0 aromatic rings. The van der Waals surface area contributed by atoms with Crippen molar-refractivity contribution in [1.29, 1.82) is 0 Å². The molecular formula is C39H82ClNO5. The van der Waals surface area contributed by atoms with Gasteiger partial charge in [0.25, 0.3) is 0 Å². The minimum Gasteiger partial charge on any atom is -1.00 e. The molecule has 0 rings (SSSR count). The highest BCUT2D eigenvalue weighted by Gasteiger charge is 2.26. The number of quaternary nitrogens is 1. The summed E-state index contributed by atoms with van der Waals surface area (Å²) in [5.41, 5.74) is 0. The Balaban J connectivity index is 0. The summed E-state index contributed by atoms with van der Waals surface area (Å²) >= 11 is 0. The van der Waals surface area contributed by atoms with E-state index in [1.54, 1.807) is 0 Å². The third-order valence-corrected chi connectivity index (χ3v) is 9.94. The lowest BCUT2D eigenvalue weighted by Gasteiger charge is -2.35. The summed E-state index contributed by atoms with van der Waals surface area (Å²) in [6.07, 6.45) is 24.4. The summed E-state index contributed by atoms with van der Waals surface area (Å²) < 4.78 is 12.5. The Hall–Kier alpha value is 0.0500. The summed E-state index contributed by atoms with van der Waals surface area (Å²) in [7, 11) is 2.29. The average Bonchev–Trinajstić information content (AvgIpc) is 3.02. The Morgan fingerprint density at radius 3 is 1.22 bits per heavy atom. The van der Waals surface area contributed by atoms with Crippen molar-refractivity contribution in [3.63, 3.8) is 0 Å². The molecule has 7 heteroatoms. The maximum Gasteiger partial charge on any atom is 0.102 e. The van der Waals surface area contributed by atoms with Gasteiger partial charge in [0.15, 0.2) is 0 Å². The van der Waals surface area contributed by atoms with Gasteiger partial charge < -0.3 is 41.7 Å². The Kier molecular flexibility index (Phi) is 36.5. The van der Waals surface area contributed by atoms with Gasteiger partial charge in [0.1, 0.15) is 6.54 Å². The number of hydrogen-bond acceptors (Lipinski definition) is 5. The first-order chi connectivity index (χ1) is 21.9. The van der Waals surface area contributed by atoms with Crippen molar-refractivity contribution in [3.05, 3.63) is 0 Å². The number of aliphatic hydroxyl groups is 3. The van der Waals surface area contributed by atoms with Gasteiger partial charge in [-0.25, -0.2) is 0 Å². The fraction of sp³-hybridized carbons (Fsp3) is 1.00. The molecule has 46 heavy (non-hydrogen) atoms. The molecule has 0 aliphatic rings. The number of hydrogen-bond donors (Lipinski definition) is 3. The van der Waals surface area contributed by atoms with Crippen molar-refractivity contribution < 1.29 is 41.7 Å². The third-order valence-electron chi connectivity index (χ3n) is 9.94. The second-order valence-corrected chi connectivity index (χ2v) is 14.4. The molecule has 4 atom stereocenters. The normalized spacial score (nSPS) is 15.7. The minimum absolute atomic E-state index is 0. The SMILES string of the molecule is CCCCCCCCC(O)C(CCC[N+](C)(CCO)CCCC(CCOCCC)C(O)CCCCCCCC)CCOCCC.[Cl-]. The zero-order valence-corrected chi connectivity index (χ0v) is 32.3. The molecule has 0 saturated carbocycles. The molecule has 0 aromatic heterocycles. The van der Waals surface area contributed by atoms with Gasteiger partial charge in [0.05, 0.1) is 39.0 Å². The van der Waals surface area contributed by atoms with Crippen molar-refractivity contribution in [2.24, 2.45) is 11.8 Å². The first-order valence-electron chi connectivity index (χ1n) is 19.8. The fourth-order valence-electron chi connectivity index (χ4n) is 6.81. The maximum absolute atomic E-state index is 11.1. The predicted molar refractivity (Wildman–Crippen MR) is 193 cm³/mol. The van der Waals surface area contributed by atoms with E-state index in [4.69, 9.17) is 9.47 Å². The maximum atomic E-state index is 11.1. The molecule has 4 unspecified atom stereocenters. The van der Waals surface area contributed by atoms with E-state index in [-0.39, 0.29) is 43.1 Å².